The molecule has 8 nitrogen and oxygen atoms in total. The Kier molecular flexibility index (Phi) is 39.7. The molecule has 0 bridgehead atoms. The second-order valence-corrected chi connectivity index (χ2v) is 14.7. The van der Waals surface area contributed by atoms with Crippen molar-refractivity contribution in [2.75, 3.05) is 94.0 Å². The van der Waals surface area contributed by atoms with Crippen LogP contribution in [-0.2, 0) is 28.5 Å². The van der Waals surface area contributed by atoms with Crippen LogP contribution in [0.15, 0.2) is 0 Å². The van der Waals surface area contributed by atoms with Crippen LogP contribution in [0.25, 0.3) is 0 Å². The number of quaternary nitrogens is 2. The third-order valence-corrected chi connectivity index (χ3v) is 8.70. The van der Waals surface area contributed by atoms with Crippen molar-refractivity contribution >= 4 is 11.9 Å². The number of esters is 2. The van der Waals surface area contributed by atoms with E-state index < -0.39 is 0 Å². The summed E-state index contributed by atoms with van der Waals surface area (Å²) in [7, 11) is 8.39. The lowest BCUT2D eigenvalue weighted by Crippen LogP contribution is -3.00. The van der Waals surface area contributed by atoms with E-state index in [1.807, 2.05) is 0 Å². The van der Waals surface area contributed by atoms with E-state index in [4.69, 9.17) is 18.9 Å². The normalized spacial score (nSPS) is 11.5. The number of hydrogen-bond donors (Lipinski definition) is 0. The van der Waals surface area contributed by atoms with Crippen LogP contribution in [0.2, 0.25) is 0 Å². The summed E-state index contributed by atoms with van der Waals surface area (Å²) in [6, 6.07) is 0. The second-order valence-electron chi connectivity index (χ2n) is 14.7. The molecule has 0 radical (unpaired) electrons. The number of hydrogen-bond acceptors (Lipinski definition) is 6. The molecule has 0 spiro atoms. The summed E-state index contributed by atoms with van der Waals surface area (Å²) in [5.41, 5.74) is 0. The van der Waals surface area contributed by atoms with Gasteiger partial charge in [-0.3, -0.25) is 0 Å². The number of likely N-dealkylation sites (N-methyl/N-ethyl adjacent to an activating group) is 2. The highest BCUT2D eigenvalue weighted by Gasteiger charge is 2.21. The molecule has 0 fully saturated rings. The average molecular weight is 819 g/mol. The monoisotopic (exact) mass is 816 g/mol. The zero-order valence-electron chi connectivity index (χ0n) is 32.3. The molecule has 0 aromatic carbocycles. The molecule has 0 aromatic heterocycles. The van der Waals surface area contributed by atoms with Gasteiger partial charge in [-0.05, 0) is 25.7 Å². The van der Waals surface area contributed by atoms with Crippen LogP contribution < -0.4 is 34.0 Å². The quantitative estimate of drug-likeness (QED) is 0.0556. The van der Waals surface area contributed by atoms with Gasteiger partial charge in [0.1, 0.15) is 13.2 Å². The summed E-state index contributed by atoms with van der Waals surface area (Å²) in [6.07, 6.45) is 26.4. The van der Waals surface area contributed by atoms with Gasteiger partial charge in [0.2, 0.25) is 0 Å². The van der Waals surface area contributed by atoms with Gasteiger partial charge in [0.05, 0.1) is 67.7 Å². The van der Waals surface area contributed by atoms with Crippen molar-refractivity contribution in [1.29, 1.82) is 0 Å². The van der Waals surface area contributed by atoms with Crippen molar-refractivity contribution in [1.82, 2.24) is 0 Å². The van der Waals surface area contributed by atoms with Crippen LogP contribution in [0.5, 0.6) is 0 Å². The van der Waals surface area contributed by atoms with E-state index in [0.29, 0.717) is 48.5 Å². The van der Waals surface area contributed by atoms with Crippen LogP contribution in [0.4, 0.5) is 0 Å². The Bertz CT molecular complexity index is 655. The topological polar surface area (TPSA) is 71.1 Å². The highest BCUT2D eigenvalue weighted by molar-refractivity contribution is 5.70. The number of halogens is 2. The van der Waals surface area contributed by atoms with Crippen molar-refractivity contribution in [3.8, 4) is 0 Å². The van der Waals surface area contributed by atoms with Gasteiger partial charge in [-0.25, -0.2) is 9.59 Å². The van der Waals surface area contributed by atoms with Gasteiger partial charge in [-0.1, -0.05) is 117 Å². The fourth-order valence-corrected chi connectivity index (χ4v) is 5.75. The lowest BCUT2D eigenvalue weighted by Gasteiger charge is -2.28. The van der Waals surface area contributed by atoms with Crippen molar-refractivity contribution in [3.63, 3.8) is 0 Å². The van der Waals surface area contributed by atoms with Crippen molar-refractivity contribution in [2.45, 2.75) is 142 Å². The number of carbonyl (C=O) groups is 2. The summed E-state index contributed by atoms with van der Waals surface area (Å²) in [5, 5.41) is 0. The van der Waals surface area contributed by atoms with Gasteiger partial charge in [0, 0.05) is 0 Å². The number of ether oxygens (including phenoxy) is 4. The fraction of sp³-hybridized carbons (Fsp3) is 0.947. The molecule has 0 heterocycles. The number of unbranched alkanes of at least 4 members (excludes halogenated alkanes) is 18. The fourth-order valence-electron chi connectivity index (χ4n) is 5.75. The molecular weight excluding hydrogens is 740 g/mol. The highest BCUT2D eigenvalue weighted by Crippen LogP contribution is 2.13. The first-order chi connectivity index (χ1) is 22.1. The predicted molar refractivity (Wildman–Crippen MR) is 191 cm³/mol. The number of carbonyl (C=O) groups excluding carboxylic acids is 2. The molecule has 0 aliphatic carbocycles. The summed E-state index contributed by atoms with van der Waals surface area (Å²) in [5.74, 6) is -0.354. The van der Waals surface area contributed by atoms with Gasteiger partial charge < -0.3 is 61.9 Å². The molecule has 0 saturated carbocycles. The molecule has 0 aliphatic rings. The van der Waals surface area contributed by atoms with E-state index >= 15 is 0 Å². The van der Waals surface area contributed by atoms with Crippen LogP contribution in [-0.4, -0.2) is 115 Å². The van der Waals surface area contributed by atoms with Crippen LogP contribution >= 0.6 is 0 Å². The first-order valence-corrected chi connectivity index (χ1v) is 19.2. The maximum atomic E-state index is 12.3. The lowest BCUT2D eigenvalue weighted by molar-refractivity contribution is -0.883. The Morgan fingerprint density at radius 3 is 0.938 bits per heavy atom. The summed E-state index contributed by atoms with van der Waals surface area (Å²) in [6.45, 7) is 9.30. The van der Waals surface area contributed by atoms with E-state index in [1.54, 1.807) is 0 Å². The van der Waals surface area contributed by atoms with Gasteiger partial charge in [0.25, 0.3) is 0 Å². The van der Waals surface area contributed by atoms with Crippen LogP contribution in [0, 0.1) is 0 Å². The van der Waals surface area contributed by atoms with Gasteiger partial charge in [-0.2, -0.15) is 0 Å². The van der Waals surface area contributed by atoms with E-state index in [0.717, 1.165) is 25.9 Å². The largest absolute Gasteiger partial charge is 1.00 e. The number of nitrogens with zero attached hydrogens (tertiary/aromatic N) is 2. The third kappa shape index (κ3) is 38.5. The minimum atomic E-state index is -0.177. The maximum Gasteiger partial charge on any atom is 0.361 e. The molecule has 290 valence electrons. The molecule has 48 heavy (non-hydrogen) atoms. The van der Waals surface area contributed by atoms with E-state index in [-0.39, 0.29) is 59.1 Å². The molecule has 0 amide bonds. The van der Waals surface area contributed by atoms with Crippen LogP contribution in [0.3, 0.4) is 0 Å². The molecule has 0 unspecified atom stereocenters. The summed E-state index contributed by atoms with van der Waals surface area (Å²) in [4.78, 5) is 24.5. The van der Waals surface area contributed by atoms with Crippen LogP contribution in [0.1, 0.15) is 142 Å². The first-order valence-electron chi connectivity index (χ1n) is 19.2. The molecule has 0 N–H and O–H groups in total. The Morgan fingerprint density at radius 1 is 0.396 bits per heavy atom. The smallest absolute Gasteiger partial charge is 0.361 e. The Hall–Kier alpha value is -0.260. The van der Waals surface area contributed by atoms with E-state index in [9.17, 15) is 9.59 Å². The lowest BCUT2D eigenvalue weighted by atomic mass is 10.1. The molecule has 0 aliphatic heterocycles. The Morgan fingerprint density at radius 2 is 0.646 bits per heavy atom. The van der Waals surface area contributed by atoms with Crippen molar-refractivity contribution in [2.24, 2.45) is 0 Å². The third-order valence-electron chi connectivity index (χ3n) is 8.70. The minimum absolute atomic E-state index is 0. The SMILES string of the molecule is CCCCCCCCCCCC[N+](C)(C)CC(=O)OCCOCCOCCOC(=O)C[N+](C)(C)CCCCCCCCCCCC.[Br-].[Br-]. The van der Waals surface area contributed by atoms with Gasteiger partial charge in [-0.15, -0.1) is 0 Å². The zero-order valence-corrected chi connectivity index (χ0v) is 35.5. The van der Waals surface area contributed by atoms with Crippen molar-refractivity contribution in [3.05, 3.63) is 0 Å². The summed E-state index contributed by atoms with van der Waals surface area (Å²) >= 11 is 0. The van der Waals surface area contributed by atoms with E-state index in [2.05, 4.69) is 42.0 Å². The molecular formula is C38H78Br2N2O6. The highest BCUT2D eigenvalue weighted by atomic mass is 79.9. The zero-order chi connectivity index (χ0) is 34.2. The summed E-state index contributed by atoms with van der Waals surface area (Å²) < 4.78 is 23.1. The van der Waals surface area contributed by atoms with E-state index in [1.165, 1.54) is 116 Å². The van der Waals surface area contributed by atoms with Crippen molar-refractivity contribution < 1.29 is 71.5 Å². The molecule has 0 aromatic rings. The number of rotatable bonds is 35. The Labute approximate surface area is 318 Å². The van der Waals surface area contributed by atoms with Gasteiger partial charge >= 0.3 is 11.9 Å². The standard InChI is InChI=1S/C38H78N2O6.2BrH/c1-7-9-11-13-15-17-19-21-23-25-27-39(3,4)35-37(41)45-33-31-43-29-30-44-32-34-46-38(42)36-40(5,6)28-26-24-22-20-18-16-14-12-10-8-2;;/h7-36H2,1-6H3;2*1H/q+2;;/p-2. The molecule has 0 atom stereocenters. The molecule has 0 rings (SSSR count). The maximum absolute atomic E-state index is 12.3. The average Bonchev–Trinajstić information content (AvgIpc) is 2.99. The minimum Gasteiger partial charge on any atom is -1.00 e. The predicted octanol–water partition coefficient (Wildman–Crippen LogP) is 2.11. The first kappa shape index (κ1) is 52.1. The Balaban J connectivity index is -0.0000101. The van der Waals surface area contributed by atoms with Gasteiger partial charge in [0.15, 0.2) is 13.1 Å². The molecule has 0 saturated heterocycles. The molecule has 10 heteroatoms. The second kappa shape index (κ2) is 36.5.